The van der Waals surface area contributed by atoms with Gasteiger partial charge >= 0.3 is 0 Å². The summed E-state index contributed by atoms with van der Waals surface area (Å²) in [5, 5.41) is 3.36. The van der Waals surface area contributed by atoms with Crippen LogP contribution in [0.5, 0.6) is 11.5 Å². The molecule has 11 heteroatoms. The highest BCUT2D eigenvalue weighted by Gasteiger charge is 2.43. The monoisotopic (exact) mass is 619 g/mol. The van der Waals surface area contributed by atoms with Crippen LogP contribution in [-0.4, -0.2) is 90.7 Å². The van der Waals surface area contributed by atoms with E-state index in [-0.39, 0.29) is 24.8 Å². The van der Waals surface area contributed by atoms with E-state index in [9.17, 15) is 9.59 Å². The van der Waals surface area contributed by atoms with E-state index in [4.69, 9.17) is 26.1 Å². The lowest BCUT2D eigenvalue weighted by Gasteiger charge is -2.36. The maximum Gasteiger partial charge on any atom is 0.252 e. The number of amides is 2. The lowest BCUT2D eigenvalue weighted by molar-refractivity contribution is -0.131. The number of ether oxygens (including phenoxy) is 2. The smallest absolute Gasteiger partial charge is 0.252 e. The van der Waals surface area contributed by atoms with Crippen LogP contribution in [0.1, 0.15) is 31.9 Å². The summed E-state index contributed by atoms with van der Waals surface area (Å²) in [6.07, 6.45) is 3.32. The number of nitrogens with one attached hydrogen (secondary N) is 1. The molecule has 0 saturated carbocycles. The van der Waals surface area contributed by atoms with Gasteiger partial charge in [0.1, 0.15) is 23.3 Å². The second-order valence-corrected chi connectivity index (χ2v) is 11.4. The van der Waals surface area contributed by atoms with Gasteiger partial charge in [-0.05, 0) is 92.3 Å². The molecule has 2 fully saturated rings. The van der Waals surface area contributed by atoms with E-state index >= 15 is 0 Å². The summed E-state index contributed by atoms with van der Waals surface area (Å²) in [7, 11) is 1.68. The number of hydrogen-bond acceptors (Lipinski definition) is 8. The number of nitrogens with zero attached hydrogens (tertiary/aromatic N) is 4. The van der Waals surface area contributed by atoms with Gasteiger partial charge in [0, 0.05) is 44.1 Å². The van der Waals surface area contributed by atoms with E-state index in [0.29, 0.717) is 29.7 Å². The summed E-state index contributed by atoms with van der Waals surface area (Å²) < 4.78 is 16.4. The molecule has 1 atom stereocenters. The zero-order valence-corrected chi connectivity index (χ0v) is 26.3. The third-order valence-corrected chi connectivity index (χ3v) is 8.43. The van der Waals surface area contributed by atoms with Crippen LogP contribution in [0.3, 0.4) is 0 Å². The summed E-state index contributed by atoms with van der Waals surface area (Å²) in [6, 6.07) is 18.4. The lowest BCUT2D eigenvalue weighted by Crippen LogP contribution is -2.47. The van der Waals surface area contributed by atoms with Crippen LogP contribution in [0.2, 0.25) is 0 Å². The molecular weight excluding hydrogens is 578 g/mol. The van der Waals surface area contributed by atoms with Gasteiger partial charge in [-0.3, -0.25) is 19.4 Å². The Morgan fingerprint density at radius 1 is 1.00 bits per heavy atom. The SMILES string of the molecule is CCCOc1ccc(NC(=O)C[C@@H]2C(=O)N(Cc3ccco3)C(=S)N2CCCN2CCN(c3ccc(OC)cc3)CC2)cc1. The van der Waals surface area contributed by atoms with Crippen LogP contribution in [0, 0.1) is 0 Å². The first-order valence-corrected chi connectivity index (χ1v) is 15.6. The van der Waals surface area contributed by atoms with Gasteiger partial charge < -0.3 is 29.0 Å². The fraction of sp³-hybridized carbons (Fsp3) is 0.424. The Bertz CT molecular complexity index is 1370. The van der Waals surface area contributed by atoms with Gasteiger partial charge in [-0.2, -0.15) is 0 Å². The number of thiocarbonyl (C=S) groups is 1. The highest BCUT2D eigenvalue weighted by molar-refractivity contribution is 7.80. The third-order valence-electron chi connectivity index (χ3n) is 7.97. The van der Waals surface area contributed by atoms with Crippen molar-refractivity contribution in [1.82, 2.24) is 14.7 Å². The highest BCUT2D eigenvalue weighted by Crippen LogP contribution is 2.25. The van der Waals surface area contributed by atoms with Gasteiger partial charge in [0.2, 0.25) is 5.91 Å². The van der Waals surface area contributed by atoms with Gasteiger partial charge in [0.05, 0.1) is 32.9 Å². The van der Waals surface area contributed by atoms with Crippen molar-refractivity contribution < 1.29 is 23.5 Å². The molecule has 44 heavy (non-hydrogen) atoms. The zero-order chi connectivity index (χ0) is 30.9. The molecule has 10 nitrogen and oxygen atoms in total. The van der Waals surface area contributed by atoms with Crippen LogP contribution in [0.4, 0.5) is 11.4 Å². The van der Waals surface area contributed by atoms with Gasteiger partial charge in [-0.15, -0.1) is 0 Å². The minimum absolute atomic E-state index is 0.00223. The molecule has 3 heterocycles. The van der Waals surface area contributed by atoms with E-state index in [1.807, 2.05) is 35.2 Å². The fourth-order valence-corrected chi connectivity index (χ4v) is 5.95. The Hall–Kier alpha value is -4.09. The van der Waals surface area contributed by atoms with Crippen LogP contribution >= 0.6 is 12.2 Å². The van der Waals surface area contributed by atoms with Crippen molar-refractivity contribution in [2.45, 2.75) is 38.8 Å². The van der Waals surface area contributed by atoms with Crippen LogP contribution in [-0.2, 0) is 16.1 Å². The first kappa shape index (κ1) is 31.3. The van der Waals surface area contributed by atoms with E-state index < -0.39 is 6.04 Å². The van der Waals surface area contributed by atoms with Crippen molar-refractivity contribution in [3.05, 3.63) is 72.7 Å². The molecule has 0 unspecified atom stereocenters. The van der Waals surface area contributed by atoms with Crippen molar-refractivity contribution in [2.75, 3.05) is 63.2 Å². The lowest BCUT2D eigenvalue weighted by atomic mass is 10.1. The quantitative estimate of drug-likeness (QED) is 0.260. The number of furan rings is 1. The van der Waals surface area contributed by atoms with Crippen molar-refractivity contribution in [1.29, 1.82) is 0 Å². The molecule has 0 radical (unpaired) electrons. The number of carbonyl (C=O) groups excluding carboxylic acids is 2. The maximum absolute atomic E-state index is 13.6. The molecule has 5 rings (SSSR count). The minimum Gasteiger partial charge on any atom is -0.497 e. The molecule has 2 aromatic carbocycles. The second kappa shape index (κ2) is 15.1. The molecule has 0 aliphatic carbocycles. The minimum atomic E-state index is -0.670. The highest BCUT2D eigenvalue weighted by atomic mass is 32.1. The summed E-state index contributed by atoms with van der Waals surface area (Å²) in [4.78, 5) is 35.0. The molecule has 1 aromatic heterocycles. The van der Waals surface area contributed by atoms with Gasteiger partial charge in [0.25, 0.3) is 5.91 Å². The normalized spacial score (nSPS) is 17.3. The third kappa shape index (κ3) is 7.89. The number of methoxy groups -OCH3 is 1. The van der Waals surface area contributed by atoms with E-state index in [1.54, 1.807) is 36.5 Å². The molecule has 0 spiro atoms. The van der Waals surface area contributed by atoms with Gasteiger partial charge in [0.15, 0.2) is 5.11 Å². The summed E-state index contributed by atoms with van der Waals surface area (Å²) in [6.45, 7) is 8.19. The average molecular weight is 620 g/mol. The number of piperazine rings is 1. The standard InChI is InChI=1S/C33H41N5O5S/c1-3-21-42-28-11-7-25(8-12-28)34-31(39)23-30-32(40)38(24-29-6-4-22-43-29)33(44)37(30)16-5-15-35-17-19-36(20-18-35)26-9-13-27(41-2)14-10-26/h4,6-14,22,30H,3,5,15-21,23-24H2,1-2H3,(H,34,39)/t30-/m1/s1. The van der Waals surface area contributed by atoms with Crippen molar-refractivity contribution >= 4 is 40.5 Å². The molecular formula is C33H41N5O5S. The Morgan fingerprint density at radius 3 is 2.39 bits per heavy atom. The Kier molecular flexibility index (Phi) is 10.7. The first-order chi connectivity index (χ1) is 21.4. The molecule has 0 bridgehead atoms. The maximum atomic E-state index is 13.6. The molecule has 234 valence electrons. The summed E-state index contributed by atoms with van der Waals surface area (Å²) in [5.41, 5.74) is 1.85. The number of carbonyl (C=O) groups is 2. The summed E-state index contributed by atoms with van der Waals surface area (Å²) in [5.74, 6) is 1.83. The number of benzene rings is 2. The van der Waals surface area contributed by atoms with Crippen LogP contribution < -0.4 is 19.7 Å². The molecule has 2 aliphatic rings. The Balaban J connectivity index is 1.16. The second-order valence-electron chi connectivity index (χ2n) is 11.0. The predicted octanol–water partition coefficient (Wildman–Crippen LogP) is 4.62. The van der Waals surface area contributed by atoms with Crippen molar-refractivity contribution in [3.63, 3.8) is 0 Å². The van der Waals surface area contributed by atoms with E-state index in [0.717, 1.165) is 57.1 Å². The first-order valence-electron chi connectivity index (χ1n) is 15.2. The van der Waals surface area contributed by atoms with Crippen LogP contribution in [0.15, 0.2) is 71.3 Å². The van der Waals surface area contributed by atoms with Crippen LogP contribution in [0.25, 0.3) is 0 Å². The van der Waals surface area contributed by atoms with Crippen molar-refractivity contribution in [3.8, 4) is 11.5 Å². The largest absolute Gasteiger partial charge is 0.497 e. The topological polar surface area (TPSA) is 90.7 Å². The average Bonchev–Trinajstić information content (AvgIpc) is 3.64. The Morgan fingerprint density at radius 2 is 1.73 bits per heavy atom. The van der Waals surface area contributed by atoms with Crippen molar-refractivity contribution in [2.24, 2.45) is 0 Å². The molecule has 2 aliphatic heterocycles. The molecule has 2 amide bonds. The number of anilines is 2. The molecule has 1 N–H and O–H groups in total. The predicted molar refractivity (Wildman–Crippen MR) is 174 cm³/mol. The number of rotatable bonds is 14. The number of hydrogen-bond donors (Lipinski definition) is 1. The van der Waals surface area contributed by atoms with E-state index in [1.165, 1.54) is 5.69 Å². The Labute approximate surface area is 264 Å². The molecule has 2 saturated heterocycles. The fourth-order valence-electron chi connectivity index (χ4n) is 5.58. The van der Waals surface area contributed by atoms with E-state index in [2.05, 4.69) is 34.2 Å². The zero-order valence-electron chi connectivity index (χ0n) is 25.4. The molecule has 3 aromatic rings. The van der Waals surface area contributed by atoms with Gasteiger partial charge in [-0.1, -0.05) is 6.92 Å². The van der Waals surface area contributed by atoms with Gasteiger partial charge in [-0.25, -0.2) is 0 Å². The summed E-state index contributed by atoms with van der Waals surface area (Å²) >= 11 is 5.79.